The van der Waals surface area contributed by atoms with E-state index in [4.69, 9.17) is 0 Å². The Hall–Kier alpha value is -1.57. The smallest absolute Gasteiger partial charge is 0.131 e. The molecule has 0 bridgehead atoms. The lowest BCUT2D eigenvalue weighted by Gasteiger charge is -2.38. The van der Waals surface area contributed by atoms with Gasteiger partial charge in [-0.1, -0.05) is 0 Å². The Morgan fingerprint density at radius 2 is 1.82 bits per heavy atom. The van der Waals surface area contributed by atoms with Gasteiger partial charge < -0.3 is 19.9 Å². The molecule has 0 aromatic heterocycles. The van der Waals surface area contributed by atoms with Crippen LogP contribution in [0.5, 0.6) is 0 Å². The summed E-state index contributed by atoms with van der Waals surface area (Å²) in [6.45, 7) is 0.920. The van der Waals surface area contributed by atoms with Gasteiger partial charge in [-0.25, -0.2) is 8.78 Å². The van der Waals surface area contributed by atoms with E-state index in [2.05, 4.69) is 5.32 Å². The van der Waals surface area contributed by atoms with Crippen molar-refractivity contribution in [1.29, 1.82) is 0 Å². The number of benzene rings is 1. The van der Waals surface area contributed by atoms with Crippen LogP contribution in [0.4, 0.5) is 14.5 Å². The van der Waals surface area contributed by atoms with Gasteiger partial charge in [0.1, 0.15) is 30.4 Å². The van der Waals surface area contributed by atoms with Crippen LogP contribution in [0.1, 0.15) is 24.3 Å². The fourth-order valence-corrected chi connectivity index (χ4v) is 3.11. The quantitative estimate of drug-likeness (QED) is 0.717. The van der Waals surface area contributed by atoms with E-state index in [-0.39, 0.29) is 11.5 Å². The number of carbonyl (C=O) groups excluding carboxylic acids is 1. The van der Waals surface area contributed by atoms with E-state index in [1.807, 2.05) is 0 Å². The molecule has 2 aliphatic rings. The highest BCUT2D eigenvalue weighted by atomic mass is 19.1. The van der Waals surface area contributed by atoms with E-state index in [0.29, 0.717) is 31.6 Å². The molecule has 3 atom stereocenters. The number of aliphatic hydroxyl groups excluding tert-OH is 2. The van der Waals surface area contributed by atoms with Gasteiger partial charge in [-0.05, 0) is 25.0 Å². The molecule has 0 amide bonds. The SMILES string of the molecule is O=CC1CN(c2cc(F)c([C@H]3CC[C@@H](O)N[C@@H]3O)c(F)c2)C1. The number of aldehydes is 1. The monoisotopic (exact) mass is 312 g/mol. The largest absolute Gasteiger partial charge is 0.379 e. The minimum Gasteiger partial charge on any atom is -0.379 e. The normalized spacial score (nSPS) is 29.3. The van der Waals surface area contributed by atoms with Crippen molar-refractivity contribution in [3.63, 3.8) is 0 Å². The summed E-state index contributed by atoms with van der Waals surface area (Å²) in [4.78, 5) is 12.3. The molecule has 0 radical (unpaired) electrons. The fraction of sp³-hybridized carbons (Fsp3) is 0.533. The van der Waals surface area contributed by atoms with Gasteiger partial charge in [0, 0.05) is 36.2 Å². The van der Waals surface area contributed by atoms with Crippen molar-refractivity contribution in [2.45, 2.75) is 31.2 Å². The first-order chi connectivity index (χ1) is 10.5. The van der Waals surface area contributed by atoms with Crippen molar-refractivity contribution < 1.29 is 23.8 Å². The lowest BCUT2D eigenvalue weighted by molar-refractivity contribution is -0.111. The highest BCUT2D eigenvalue weighted by molar-refractivity contribution is 5.63. The predicted molar refractivity (Wildman–Crippen MR) is 75.2 cm³/mol. The molecule has 2 saturated heterocycles. The standard InChI is InChI=1S/C15H18F2N2O3/c16-11-3-9(19-5-8(6-19)7-20)4-12(17)14(11)10-1-2-13(21)18-15(10)22/h3-4,7-8,10,13,15,18,21-22H,1-2,5-6H2/t10-,13-,15-/m1/s1. The number of hydrogen-bond acceptors (Lipinski definition) is 5. The van der Waals surface area contributed by atoms with E-state index in [1.165, 1.54) is 12.1 Å². The molecule has 7 heteroatoms. The molecule has 2 fully saturated rings. The highest BCUT2D eigenvalue weighted by Crippen LogP contribution is 2.35. The van der Waals surface area contributed by atoms with Crippen molar-refractivity contribution in [3.8, 4) is 0 Å². The number of anilines is 1. The van der Waals surface area contributed by atoms with Gasteiger partial charge >= 0.3 is 0 Å². The number of halogens is 2. The summed E-state index contributed by atoms with van der Waals surface area (Å²) in [5.74, 6) is -2.26. The zero-order valence-electron chi connectivity index (χ0n) is 11.9. The van der Waals surface area contributed by atoms with Crippen LogP contribution < -0.4 is 10.2 Å². The molecule has 0 aliphatic carbocycles. The Balaban J connectivity index is 1.83. The summed E-state index contributed by atoms with van der Waals surface area (Å²) in [6.07, 6.45) is -0.609. The summed E-state index contributed by atoms with van der Waals surface area (Å²) >= 11 is 0. The average Bonchev–Trinajstić information content (AvgIpc) is 2.39. The summed E-state index contributed by atoms with van der Waals surface area (Å²) < 4.78 is 28.7. The molecule has 120 valence electrons. The Kier molecular flexibility index (Phi) is 4.12. The van der Waals surface area contributed by atoms with E-state index < -0.39 is 30.0 Å². The third-order valence-corrected chi connectivity index (χ3v) is 4.40. The first-order valence-corrected chi connectivity index (χ1v) is 7.31. The summed E-state index contributed by atoms with van der Waals surface area (Å²) in [7, 11) is 0. The lowest BCUT2D eigenvalue weighted by atomic mass is 9.88. The van der Waals surface area contributed by atoms with Crippen molar-refractivity contribution in [2.24, 2.45) is 5.92 Å². The Morgan fingerprint density at radius 3 is 2.36 bits per heavy atom. The third-order valence-electron chi connectivity index (χ3n) is 4.40. The van der Waals surface area contributed by atoms with E-state index in [9.17, 15) is 23.8 Å². The van der Waals surface area contributed by atoms with Crippen LogP contribution >= 0.6 is 0 Å². The molecule has 22 heavy (non-hydrogen) atoms. The molecule has 3 N–H and O–H groups in total. The Morgan fingerprint density at radius 1 is 1.18 bits per heavy atom. The second kappa shape index (κ2) is 5.91. The number of nitrogens with zero attached hydrogens (tertiary/aromatic N) is 1. The van der Waals surface area contributed by atoms with Crippen LogP contribution in [0.25, 0.3) is 0 Å². The van der Waals surface area contributed by atoms with Gasteiger partial charge in [-0.2, -0.15) is 0 Å². The molecular formula is C15H18F2N2O3. The van der Waals surface area contributed by atoms with Crippen LogP contribution in [0.15, 0.2) is 12.1 Å². The maximum absolute atomic E-state index is 14.3. The van der Waals surface area contributed by atoms with Crippen LogP contribution in [0, 0.1) is 17.6 Å². The number of nitrogens with one attached hydrogen (secondary N) is 1. The molecule has 0 saturated carbocycles. The van der Waals surface area contributed by atoms with Crippen molar-refractivity contribution >= 4 is 12.0 Å². The minimum absolute atomic E-state index is 0.0864. The second-order valence-electron chi connectivity index (χ2n) is 5.94. The third kappa shape index (κ3) is 2.71. The first kappa shape index (κ1) is 15.3. The van der Waals surface area contributed by atoms with Gasteiger partial charge in [0.05, 0.1) is 0 Å². The summed E-state index contributed by atoms with van der Waals surface area (Å²) in [5.41, 5.74) is 0.234. The summed E-state index contributed by atoms with van der Waals surface area (Å²) in [6, 6.07) is 2.47. The minimum atomic E-state index is -1.19. The fourth-order valence-electron chi connectivity index (χ4n) is 3.11. The lowest BCUT2D eigenvalue weighted by Crippen LogP contribution is -2.48. The second-order valence-corrected chi connectivity index (χ2v) is 5.94. The Labute approximate surface area is 126 Å². The average molecular weight is 312 g/mol. The molecule has 2 heterocycles. The van der Waals surface area contributed by atoms with Gasteiger partial charge in [0.25, 0.3) is 0 Å². The van der Waals surface area contributed by atoms with Gasteiger partial charge in [0.2, 0.25) is 0 Å². The molecule has 1 aromatic rings. The molecule has 5 nitrogen and oxygen atoms in total. The van der Waals surface area contributed by atoms with Crippen molar-refractivity contribution in [3.05, 3.63) is 29.3 Å². The molecule has 0 spiro atoms. The number of rotatable bonds is 3. The predicted octanol–water partition coefficient (Wildman–Crippen LogP) is 0.704. The van der Waals surface area contributed by atoms with Crippen LogP contribution in [-0.2, 0) is 4.79 Å². The summed E-state index contributed by atoms with van der Waals surface area (Å²) in [5, 5.41) is 21.8. The van der Waals surface area contributed by atoms with Gasteiger partial charge in [-0.3, -0.25) is 5.32 Å². The Bertz CT molecular complexity index is 555. The molecular weight excluding hydrogens is 294 g/mol. The van der Waals surface area contributed by atoms with Crippen LogP contribution in [0.2, 0.25) is 0 Å². The molecule has 3 rings (SSSR count). The van der Waals surface area contributed by atoms with E-state index >= 15 is 0 Å². The maximum Gasteiger partial charge on any atom is 0.131 e. The zero-order valence-corrected chi connectivity index (χ0v) is 11.9. The first-order valence-electron chi connectivity index (χ1n) is 7.31. The number of piperidine rings is 1. The van der Waals surface area contributed by atoms with Gasteiger partial charge in [0.15, 0.2) is 0 Å². The van der Waals surface area contributed by atoms with E-state index in [1.54, 1.807) is 4.90 Å². The topological polar surface area (TPSA) is 72.8 Å². The van der Waals surface area contributed by atoms with E-state index in [0.717, 1.165) is 6.29 Å². The molecule has 1 aromatic carbocycles. The zero-order chi connectivity index (χ0) is 15.9. The van der Waals surface area contributed by atoms with Crippen molar-refractivity contribution in [1.82, 2.24) is 5.32 Å². The van der Waals surface area contributed by atoms with Gasteiger partial charge in [-0.15, -0.1) is 0 Å². The number of aliphatic hydroxyl groups is 2. The van der Waals surface area contributed by atoms with Crippen LogP contribution in [-0.4, -0.2) is 42.0 Å². The highest BCUT2D eigenvalue weighted by Gasteiger charge is 2.34. The maximum atomic E-state index is 14.3. The molecule has 2 aliphatic heterocycles. The van der Waals surface area contributed by atoms with Crippen molar-refractivity contribution in [2.75, 3.05) is 18.0 Å². The number of carbonyl (C=O) groups is 1. The van der Waals surface area contributed by atoms with Crippen LogP contribution in [0.3, 0.4) is 0 Å². The number of hydrogen-bond donors (Lipinski definition) is 3. The molecule has 0 unspecified atom stereocenters.